The molecular formula is C13H19N3O4S. The largest absolute Gasteiger partial charge is 0.349 e. The van der Waals surface area contributed by atoms with Crippen LogP contribution in [0.1, 0.15) is 28.9 Å². The number of aryl methyl sites for hydroxylation is 1. The predicted molar refractivity (Wildman–Crippen MR) is 78.7 cm³/mol. The van der Waals surface area contributed by atoms with Crippen LogP contribution < -0.4 is 10.9 Å². The Bertz CT molecular complexity index is 688. The first-order chi connectivity index (χ1) is 9.77. The van der Waals surface area contributed by atoms with Crippen LogP contribution in [0.2, 0.25) is 0 Å². The Kier molecular flexibility index (Phi) is 4.48. The van der Waals surface area contributed by atoms with Crippen LogP contribution in [0.4, 0.5) is 0 Å². The van der Waals surface area contributed by atoms with Crippen LogP contribution >= 0.6 is 0 Å². The number of piperidine rings is 1. The first-order valence-electron chi connectivity index (χ1n) is 6.73. The molecule has 7 nitrogen and oxygen atoms in total. The molecule has 0 bridgehead atoms. The van der Waals surface area contributed by atoms with Crippen LogP contribution in [0.25, 0.3) is 0 Å². The SMILES string of the molecule is Cc1ccc(C(=O)NC2CCN(S(C)(=O)=O)CC2)c(=O)[nH]1. The number of carbonyl (C=O) groups excluding carboxylic acids is 1. The number of nitrogens with one attached hydrogen (secondary N) is 2. The average molecular weight is 313 g/mol. The van der Waals surface area contributed by atoms with Gasteiger partial charge in [0, 0.05) is 24.8 Å². The number of hydrogen-bond donors (Lipinski definition) is 2. The lowest BCUT2D eigenvalue weighted by Crippen LogP contribution is -2.46. The Hall–Kier alpha value is -1.67. The highest BCUT2D eigenvalue weighted by Gasteiger charge is 2.26. The van der Waals surface area contributed by atoms with Gasteiger partial charge in [-0.2, -0.15) is 0 Å². The fourth-order valence-corrected chi connectivity index (χ4v) is 3.22. The van der Waals surface area contributed by atoms with Gasteiger partial charge in [0.1, 0.15) is 5.56 Å². The van der Waals surface area contributed by atoms with Gasteiger partial charge in [0.2, 0.25) is 10.0 Å². The molecule has 1 fully saturated rings. The molecule has 0 aliphatic carbocycles. The molecule has 2 N–H and O–H groups in total. The van der Waals surface area contributed by atoms with Gasteiger partial charge in [-0.3, -0.25) is 9.59 Å². The molecule has 1 amide bonds. The van der Waals surface area contributed by atoms with Crippen LogP contribution in [0.15, 0.2) is 16.9 Å². The monoisotopic (exact) mass is 313 g/mol. The fourth-order valence-electron chi connectivity index (χ4n) is 2.35. The number of carbonyl (C=O) groups is 1. The summed E-state index contributed by atoms with van der Waals surface area (Å²) in [6.45, 7) is 2.51. The van der Waals surface area contributed by atoms with Gasteiger partial charge < -0.3 is 10.3 Å². The van der Waals surface area contributed by atoms with Crippen molar-refractivity contribution in [3.8, 4) is 0 Å². The van der Waals surface area contributed by atoms with Crippen LogP contribution in [-0.4, -0.2) is 49.0 Å². The van der Waals surface area contributed by atoms with Gasteiger partial charge in [0.15, 0.2) is 0 Å². The van der Waals surface area contributed by atoms with Gasteiger partial charge >= 0.3 is 0 Å². The minimum absolute atomic E-state index is 0.0751. The van der Waals surface area contributed by atoms with E-state index in [9.17, 15) is 18.0 Å². The standard InChI is InChI=1S/C13H19N3O4S/c1-9-3-4-11(12(17)14-9)13(18)15-10-5-7-16(8-6-10)21(2,19)20/h3-4,10H,5-8H2,1-2H3,(H,14,17)(H,15,18). The molecule has 1 aliphatic rings. The van der Waals surface area contributed by atoms with Crippen LogP contribution in [0.3, 0.4) is 0 Å². The molecule has 0 atom stereocenters. The lowest BCUT2D eigenvalue weighted by molar-refractivity contribution is 0.0922. The van der Waals surface area contributed by atoms with Crippen LogP contribution in [0, 0.1) is 6.92 Å². The maximum Gasteiger partial charge on any atom is 0.260 e. The molecule has 8 heteroatoms. The number of nitrogens with zero attached hydrogens (tertiary/aromatic N) is 1. The second-order valence-electron chi connectivity index (χ2n) is 5.29. The Morgan fingerprint density at radius 3 is 2.48 bits per heavy atom. The molecule has 1 saturated heterocycles. The molecule has 0 unspecified atom stereocenters. The molecule has 2 heterocycles. The predicted octanol–water partition coefficient (Wildman–Crippen LogP) is -0.163. The van der Waals surface area contributed by atoms with Crippen molar-refractivity contribution < 1.29 is 13.2 Å². The lowest BCUT2D eigenvalue weighted by Gasteiger charge is -2.30. The number of H-pyrrole nitrogens is 1. The van der Waals surface area contributed by atoms with E-state index in [0.717, 1.165) is 0 Å². The summed E-state index contributed by atoms with van der Waals surface area (Å²) in [5, 5.41) is 2.79. The van der Waals surface area contributed by atoms with Crippen molar-refractivity contribution in [1.29, 1.82) is 0 Å². The van der Waals surface area contributed by atoms with Crippen molar-refractivity contribution in [2.75, 3.05) is 19.3 Å². The summed E-state index contributed by atoms with van der Waals surface area (Å²) in [4.78, 5) is 26.3. The summed E-state index contributed by atoms with van der Waals surface area (Å²) in [5.74, 6) is -0.422. The topological polar surface area (TPSA) is 99.3 Å². The Balaban J connectivity index is 1.97. The summed E-state index contributed by atoms with van der Waals surface area (Å²) < 4.78 is 24.2. The molecular weight excluding hydrogens is 294 g/mol. The molecule has 21 heavy (non-hydrogen) atoms. The Morgan fingerprint density at radius 2 is 1.95 bits per heavy atom. The van der Waals surface area contributed by atoms with Gasteiger partial charge in [-0.1, -0.05) is 0 Å². The Morgan fingerprint density at radius 1 is 1.33 bits per heavy atom. The highest BCUT2D eigenvalue weighted by Crippen LogP contribution is 2.13. The second kappa shape index (κ2) is 5.98. The fraction of sp³-hybridized carbons (Fsp3) is 0.538. The molecule has 0 saturated carbocycles. The number of aromatic amines is 1. The lowest BCUT2D eigenvalue weighted by atomic mass is 10.1. The first-order valence-corrected chi connectivity index (χ1v) is 8.58. The van der Waals surface area contributed by atoms with Crippen molar-refractivity contribution in [3.05, 3.63) is 33.7 Å². The smallest absolute Gasteiger partial charge is 0.260 e. The zero-order valence-corrected chi connectivity index (χ0v) is 12.9. The number of amides is 1. The number of rotatable bonds is 3. The van der Waals surface area contributed by atoms with E-state index in [-0.39, 0.29) is 11.6 Å². The molecule has 1 aliphatic heterocycles. The van der Waals surface area contributed by atoms with Crippen molar-refractivity contribution in [1.82, 2.24) is 14.6 Å². The highest BCUT2D eigenvalue weighted by atomic mass is 32.2. The van der Waals surface area contributed by atoms with Gasteiger partial charge in [0.25, 0.3) is 11.5 Å². The summed E-state index contributed by atoms with van der Waals surface area (Å²) >= 11 is 0. The maximum atomic E-state index is 12.1. The normalized spacial score (nSPS) is 17.6. The molecule has 1 aromatic heterocycles. The second-order valence-corrected chi connectivity index (χ2v) is 7.28. The molecule has 0 spiro atoms. The van der Waals surface area contributed by atoms with E-state index in [0.29, 0.717) is 31.6 Å². The van der Waals surface area contributed by atoms with Gasteiger partial charge in [-0.25, -0.2) is 12.7 Å². The van der Waals surface area contributed by atoms with Crippen LogP contribution in [0.5, 0.6) is 0 Å². The van der Waals surface area contributed by atoms with E-state index in [4.69, 9.17) is 0 Å². The number of sulfonamides is 1. The summed E-state index contributed by atoms with van der Waals surface area (Å²) in [7, 11) is -3.18. The van der Waals surface area contributed by atoms with Crippen molar-refractivity contribution in [2.45, 2.75) is 25.8 Å². The average Bonchev–Trinajstić information content (AvgIpc) is 2.38. The van der Waals surface area contributed by atoms with Crippen LogP contribution in [-0.2, 0) is 10.0 Å². The zero-order chi connectivity index (χ0) is 15.6. The van der Waals surface area contributed by atoms with Crippen molar-refractivity contribution in [3.63, 3.8) is 0 Å². The van der Waals surface area contributed by atoms with Crippen molar-refractivity contribution in [2.24, 2.45) is 0 Å². The third kappa shape index (κ3) is 3.92. The minimum Gasteiger partial charge on any atom is -0.349 e. The van der Waals surface area contributed by atoms with E-state index in [1.807, 2.05) is 0 Å². The number of pyridine rings is 1. The highest BCUT2D eigenvalue weighted by molar-refractivity contribution is 7.88. The maximum absolute atomic E-state index is 12.1. The van der Waals surface area contributed by atoms with E-state index in [2.05, 4.69) is 10.3 Å². The van der Waals surface area contributed by atoms with Gasteiger partial charge in [-0.05, 0) is 31.9 Å². The van der Waals surface area contributed by atoms with E-state index in [1.165, 1.54) is 16.6 Å². The third-order valence-electron chi connectivity index (χ3n) is 3.56. The molecule has 0 aromatic carbocycles. The van der Waals surface area contributed by atoms with E-state index >= 15 is 0 Å². The molecule has 2 rings (SSSR count). The quantitative estimate of drug-likeness (QED) is 0.809. The number of aromatic nitrogens is 1. The Labute approximate surface area is 123 Å². The van der Waals surface area contributed by atoms with E-state index < -0.39 is 21.5 Å². The summed E-state index contributed by atoms with van der Waals surface area (Å²) in [6.07, 6.45) is 2.27. The zero-order valence-electron chi connectivity index (χ0n) is 12.0. The third-order valence-corrected chi connectivity index (χ3v) is 4.86. The summed E-state index contributed by atoms with van der Waals surface area (Å²) in [5.41, 5.74) is 0.352. The number of hydrogen-bond acceptors (Lipinski definition) is 4. The first kappa shape index (κ1) is 15.7. The molecule has 0 radical (unpaired) electrons. The summed E-state index contributed by atoms with van der Waals surface area (Å²) in [6, 6.07) is 3.05. The molecule has 1 aromatic rings. The van der Waals surface area contributed by atoms with Gasteiger partial charge in [0.05, 0.1) is 6.26 Å². The molecule has 116 valence electrons. The minimum atomic E-state index is -3.18. The van der Waals surface area contributed by atoms with Gasteiger partial charge in [-0.15, -0.1) is 0 Å². The van der Waals surface area contributed by atoms with Crippen molar-refractivity contribution >= 4 is 15.9 Å². The van der Waals surface area contributed by atoms with E-state index in [1.54, 1.807) is 13.0 Å².